The number of hydrogen-bond donors (Lipinski definition) is 4. The molecule has 0 fully saturated rings. The SMILES string of the molecule is O=Nc1c(-c2c(O)[nH]c3c(C(F)(F)F)cccc23)[nH]c2ccc(C(=O)O)cc12. The van der Waals surface area contributed by atoms with Gasteiger partial charge in [-0.15, -0.1) is 4.91 Å². The molecule has 28 heavy (non-hydrogen) atoms. The lowest BCUT2D eigenvalue weighted by molar-refractivity contribution is -0.136. The third kappa shape index (κ3) is 2.49. The largest absolute Gasteiger partial charge is 0.494 e. The van der Waals surface area contributed by atoms with E-state index in [-0.39, 0.29) is 38.8 Å². The van der Waals surface area contributed by atoms with E-state index in [9.17, 15) is 28.0 Å². The van der Waals surface area contributed by atoms with Crippen LogP contribution in [0.4, 0.5) is 18.9 Å². The van der Waals surface area contributed by atoms with E-state index >= 15 is 0 Å². The van der Waals surface area contributed by atoms with Crippen molar-refractivity contribution < 1.29 is 28.2 Å². The van der Waals surface area contributed by atoms with Crippen molar-refractivity contribution in [3.05, 3.63) is 52.4 Å². The lowest BCUT2D eigenvalue weighted by Gasteiger charge is -2.07. The predicted octanol–water partition coefficient (Wildman–Crippen LogP) is 5.14. The molecule has 0 aliphatic rings. The highest BCUT2D eigenvalue weighted by atomic mass is 19.4. The van der Waals surface area contributed by atoms with Crippen molar-refractivity contribution >= 4 is 33.5 Å². The van der Waals surface area contributed by atoms with Gasteiger partial charge in [0.05, 0.1) is 27.9 Å². The highest BCUT2D eigenvalue weighted by Gasteiger charge is 2.34. The van der Waals surface area contributed by atoms with Crippen LogP contribution in [-0.4, -0.2) is 26.2 Å². The summed E-state index contributed by atoms with van der Waals surface area (Å²) >= 11 is 0. The number of nitroso groups, excluding NO2 is 1. The van der Waals surface area contributed by atoms with Gasteiger partial charge in [0.1, 0.15) is 5.69 Å². The van der Waals surface area contributed by atoms with Gasteiger partial charge in [0.2, 0.25) is 0 Å². The summed E-state index contributed by atoms with van der Waals surface area (Å²) in [4.78, 5) is 27.8. The summed E-state index contributed by atoms with van der Waals surface area (Å²) in [6.07, 6.45) is -4.66. The standard InChI is InChI=1S/C18H10F3N3O4/c19-18(20,21)10-3-1-2-8-12(16(25)23-13(8)10)15-14(24-28)9-6-7(17(26)27)4-5-11(9)22-15/h1-6,22-23,25H,(H,26,27). The van der Waals surface area contributed by atoms with E-state index in [1.54, 1.807) is 0 Å². The topological polar surface area (TPSA) is 119 Å². The van der Waals surface area contributed by atoms with E-state index in [4.69, 9.17) is 5.11 Å². The fourth-order valence-electron chi connectivity index (χ4n) is 3.28. The number of aromatic amines is 2. The van der Waals surface area contributed by atoms with E-state index in [0.717, 1.165) is 6.07 Å². The van der Waals surface area contributed by atoms with Crippen LogP contribution >= 0.6 is 0 Å². The van der Waals surface area contributed by atoms with Gasteiger partial charge >= 0.3 is 12.1 Å². The highest BCUT2D eigenvalue weighted by Crippen LogP contribution is 2.46. The van der Waals surface area contributed by atoms with Crippen molar-refractivity contribution in [2.45, 2.75) is 6.18 Å². The number of nitrogens with zero attached hydrogens (tertiary/aromatic N) is 1. The van der Waals surface area contributed by atoms with Crippen LogP contribution in [0.2, 0.25) is 0 Å². The molecule has 0 saturated heterocycles. The first-order valence-corrected chi connectivity index (χ1v) is 7.86. The van der Waals surface area contributed by atoms with Gasteiger partial charge in [0.15, 0.2) is 5.88 Å². The fourth-order valence-corrected chi connectivity index (χ4v) is 3.28. The van der Waals surface area contributed by atoms with Gasteiger partial charge in [-0.1, -0.05) is 12.1 Å². The average molecular weight is 389 g/mol. The molecule has 2 aromatic carbocycles. The number of nitrogens with one attached hydrogen (secondary N) is 2. The minimum atomic E-state index is -4.66. The Labute approximate surface area is 153 Å². The second kappa shape index (κ2) is 5.84. The minimum Gasteiger partial charge on any atom is -0.494 e. The van der Waals surface area contributed by atoms with E-state index < -0.39 is 23.6 Å². The number of aromatic hydroxyl groups is 1. The third-order valence-electron chi connectivity index (χ3n) is 4.48. The zero-order chi connectivity index (χ0) is 20.2. The summed E-state index contributed by atoms with van der Waals surface area (Å²) in [6, 6.07) is 7.34. The van der Waals surface area contributed by atoms with Crippen molar-refractivity contribution in [3.63, 3.8) is 0 Å². The number of hydrogen-bond acceptors (Lipinski definition) is 4. The Balaban J connectivity index is 2.06. The summed E-state index contributed by atoms with van der Waals surface area (Å²) in [5.74, 6) is -1.80. The molecule has 0 spiro atoms. The molecule has 0 aliphatic carbocycles. The van der Waals surface area contributed by atoms with Crippen molar-refractivity contribution in [1.29, 1.82) is 0 Å². The van der Waals surface area contributed by atoms with Gasteiger partial charge in [-0.05, 0) is 29.4 Å². The molecule has 4 N–H and O–H groups in total. The van der Waals surface area contributed by atoms with Crippen molar-refractivity contribution in [1.82, 2.24) is 9.97 Å². The van der Waals surface area contributed by atoms with E-state index in [2.05, 4.69) is 15.1 Å². The van der Waals surface area contributed by atoms with E-state index in [1.165, 1.54) is 30.3 Å². The Morgan fingerprint density at radius 1 is 1.07 bits per heavy atom. The molecule has 2 heterocycles. The first kappa shape index (κ1) is 17.6. The number of aromatic carboxylic acids is 1. The van der Waals surface area contributed by atoms with Crippen molar-refractivity contribution in [2.75, 3.05) is 0 Å². The highest BCUT2D eigenvalue weighted by molar-refractivity contribution is 6.09. The maximum absolute atomic E-state index is 13.3. The number of alkyl halides is 3. The molecule has 0 bridgehead atoms. The number of fused-ring (bicyclic) bond motifs is 2. The third-order valence-corrected chi connectivity index (χ3v) is 4.48. The average Bonchev–Trinajstić information content (AvgIpc) is 3.15. The Bertz CT molecular complexity index is 1270. The van der Waals surface area contributed by atoms with E-state index in [1.807, 2.05) is 0 Å². The van der Waals surface area contributed by atoms with Crippen LogP contribution in [0, 0.1) is 4.91 Å². The van der Waals surface area contributed by atoms with Gasteiger partial charge in [0.25, 0.3) is 0 Å². The number of H-pyrrole nitrogens is 2. The number of carboxylic acid groups (broad SMARTS) is 1. The summed E-state index contributed by atoms with van der Waals surface area (Å²) < 4.78 is 39.8. The zero-order valence-corrected chi connectivity index (χ0v) is 13.8. The molecule has 0 saturated carbocycles. The number of halogens is 3. The molecule has 0 aliphatic heterocycles. The van der Waals surface area contributed by atoms with E-state index in [0.29, 0.717) is 5.52 Å². The molecule has 0 radical (unpaired) electrons. The molecular formula is C18H10F3N3O4. The van der Waals surface area contributed by atoms with Crippen molar-refractivity contribution in [2.24, 2.45) is 5.18 Å². The molecule has 0 unspecified atom stereocenters. The molecule has 10 heteroatoms. The van der Waals surface area contributed by atoms with Crippen molar-refractivity contribution in [3.8, 4) is 17.1 Å². The monoisotopic (exact) mass is 389 g/mol. The normalized spacial score (nSPS) is 12.0. The number of aromatic nitrogens is 2. The van der Waals surface area contributed by atoms with Crippen LogP contribution in [-0.2, 0) is 6.18 Å². The Kier molecular flexibility index (Phi) is 3.67. The first-order chi connectivity index (χ1) is 13.2. The predicted molar refractivity (Wildman–Crippen MR) is 94.7 cm³/mol. The van der Waals surface area contributed by atoms with Gasteiger partial charge in [0, 0.05) is 16.3 Å². The molecule has 2 aromatic heterocycles. The maximum atomic E-state index is 13.3. The Morgan fingerprint density at radius 3 is 2.46 bits per heavy atom. The lowest BCUT2D eigenvalue weighted by atomic mass is 10.0. The number of rotatable bonds is 3. The molecular weight excluding hydrogens is 379 g/mol. The summed E-state index contributed by atoms with van der Waals surface area (Å²) in [5.41, 5.74) is -1.37. The Morgan fingerprint density at radius 2 is 1.82 bits per heavy atom. The van der Waals surface area contributed by atoms with Crippen LogP contribution in [0.5, 0.6) is 5.88 Å². The van der Waals surface area contributed by atoms with Crippen LogP contribution in [0.15, 0.2) is 41.6 Å². The lowest BCUT2D eigenvalue weighted by Crippen LogP contribution is -2.05. The van der Waals surface area contributed by atoms with Gasteiger partial charge in [-0.2, -0.15) is 13.2 Å². The number of carbonyl (C=O) groups is 1. The molecule has 4 rings (SSSR count). The van der Waals surface area contributed by atoms with Gasteiger partial charge < -0.3 is 20.2 Å². The zero-order valence-electron chi connectivity index (χ0n) is 13.8. The summed E-state index contributed by atoms with van der Waals surface area (Å²) in [5, 5.41) is 22.5. The van der Waals surface area contributed by atoms with Gasteiger partial charge in [-0.25, -0.2) is 4.79 Å². The quantitative estimate of drug-likeness (QED) is 0.363. The van der Waals surface area contributed by atoms with Gasteiger partial charge in [-0.3, -0.25) is 0 Å². The van der Waals surface area contributed by atoms with Crippen LogP contribution in [0.25, 0.3) is 33.1 Å². The molecule has 0 atom stereocenters. The summed E-state index contributed by atoms with van der Waals surface area (Å²) in [6.45, 7) is 0. The second-order valence-electron chi connectivity index (χ2n) is 6.08. The van der Waals surface area contributed by atoms with Crippen LogP contribution < -0.4 is 0 Å². The fraction of sp³-hybridized carbons (Fsp3) is 0.0556. The number of benzene rings is 2. The Hall–Kier alpha value is -3.82. The molecule has 4 aromatic rings. The summed E-state index contributed by atoms with van der Waals surface area (Å²) in [7, 11) is 0. The number of para-hydroxylation sites is 1. The smallest absolute Gasteiger partial charge is 0.418 e. The van der Waals surface area contributed by atoms with Crippen LogP contribution in [0.3, 0.4) is 0 Å². The molecule has 0 amide bonds. The second-order valence-corrected chi connectivity index (χ2v) is 6.08. The van der Waals surface area contributed by atoms with Crippen LogP contribution in [0.1, 0.15) is 15.9 Å². The number of carboxylic acids is 1. The minimum absolute atomic E-state index is 0.0180. The molecule has 7 nitrogen and oxygen atoms in total. The first-order valence-electron chi connectivity index (χ1n) is 7.86. The molecule has 142 valence electrons. The maximum Gasteiger partial charge on any atom is 0.418 e.